The normalized spacial score (nSPS) is 16.7. The maximum atomic E-state index is 12.5. The Morgan fingerprint density at radius 1 is 1.33 bits per heavy atom. The Morgan fingerprint density at radius 3 is 2.61 bits per heavy atom. The molecule has 1 aliphatic heterocycles. The molecular formula is C10H10ClF3N4. The van der Waals surface area contributed by atoms with E-state index >= 15 is 0 Å². The molecule has 4 nitrogen and oxygen atoms in total. The van der Waals surface area contributed by atoms with Gasteiger partial charge >= 0.3 is 6.18 Å². The van der Waals surface area contributed by atoms with Gasteiger partial charge in [-0.15, -0.1) is 0 Å². The van der Waals surface area contributed by atoms with E-state index in [9.17, 15) is 13.2 Å². The molecule has 2 rings (SSSR count). The number of rotatable bonds is 1. The number of hydrogen-bond donors (Lipinski definition) is 1. The first-order valence-corrected chi connectivity index (χ1v) is 5.54. The molecule has 1 aliphatic rings. The fourth-order valence-corrected chi connectivity index (χ4v) is 1.86. The monoisotopic (exact) mass is 278 g/mol. The second kappa shape index (κ2) is 4.64. The van der Waals surface area contributed by atoms with Crippen LogP contribution >= 0.6 is 11.6 Å². The summed E-state index contributed by atoms with van der Waals surface area (Å²) in [5, 5.41) is 0.102. The van der Waals surface area contributed by atoms with Crippen molar-refractivity contribution in [1.82, 2.24) is 9.97 Å². The lowest BCUT2D eigenvalue weighted by Gasteiger charge is -2.28. The van der Waals surface area contributed by atoms with Gasteiger partial charge in [0.05, 0.1) is 0 Å². The standard InChI is InChI=1S/C10H10ClF3N4/c11-8-7(15)9(17-5-16-8)18-3-1-6(2-4-18)10(12,13)14/h1,5H,2-4,15H2. The minimum absolute atomic E-state index is 0.0927. The lowest BCUT2D eigenvalue weighted by molar-refractivity contribution is -0.0944. The third kappa shape index (κ3) is 2.50. The molecule has 2 heterocycles. The first-order chi connectivity index (χ1) is 8.39. The Labute approximate surface area is 106 Å². The third-order valence-electron chi connectivity index (χ3n) is 2.69. The summed E-state index contributed by atoms with van der Waals surface area (Å²) in [4.78, 5) is 9.28. The molecule has 98 valence electrons. The number of nitrogen functional groups attached to an aromatic ring is 1. The van der Waals surface area contributed by atoms with Crippen LogP contribution < -0.4 is 10.6 Å². The fraction of sp³-hybridized carbons (Fsp3) is 0.400. The van der Waals surface area contributed by atoms with Gasteiger partial charge in [-0.1, -0.05) is 17.7 Å². The van der Waals surface area contributed by atoms with E-state index in [0.717, 1.165) is 6.08 Å². The summed E-state index contributed by atoms with van der Waals surface area (Å²) in [5.41, 5.74) is 5.36. The van der Waals surface area contributed by atoms with Crippen LogP contribution in [0.4, 0.5) is 24.7 Å². The zero-order valence-electron chi connectivity index (χ0n) is 9.21. The Balaban J connectivity index is 2.20. The van der Waals surface area contributed by atoms with Crippen LogP contribution in [-0.2, 0) is 0 Å². The predicted octanol–water partition coefficient (Wildman–Crippen LogP) is 2.41. The highest BCUT2D eigenvalue weighted by atomic mass is 35.5. The van der Waals surface area contributed by atoms with Gasteiger partial charge in [-0.25, -0.2) is 9.97 Å². The van der Waals surface area contributed by atoms with Gasteiger partial charge in [0, 0.05) is 18.7 Å². The first kappa shape index (κ1) is 12.9. The molecule has 0 saturated carbocycles. The Bertz CT molecular complexity index is 487. The van der Waals surface area contributed by atoms with Crippen molar-refractivity contribution < 1.29 is 13.2 Å². The fourth-order valence-electron chi connectivity index (χ4n) is 1.74. The summed E-state index contributed by atoms with van der Waals surface area (Å²) in [7, 11) is 0. The van der Waals surface area contributed by atoms with Crippen molar-refractivity contribution in [2.75, 3.05) is 23.7 Å². The van der Waals surface area contributed by atoms with Gasteiger partial charge in [-0.05, 0) is 6.42 Å². The van der Waals surface area contributed by atoms with Gasteiger partial charge in [-0.2, -0.15) is 13.2 Å². The number of nitrogens with two attached hydrogens (primary N) is 1. The molecule has 0 unspecified atom stereocenters. The molecule has 2 N–H and O–H groups in total. The minimum Gasteiger partial charge on any atom is -0.393 e. The van der Waals surface area contributed by atoms with Crippen molar-refractivity contribution >= 4 is 23.1 Å². The van der Waals surface area contributed by atoms with E-state index < -0.39 is 11.7 Å². The van der Waals surface area contributed by atoms with Gasteiger partial charge in [0.1, 0.15) is 12.0 Å². The predicted molar refractivity (Wildman–Crippen MR) is 62.4 cm³/mol. The SMILES string of the molecule is Nc1c(Cl)ncnc1N1CC=C(C(F)(F)F)CC1. The number of aromatic nitrogens is 2. The molecule has 0 radical (unpaired) electrons. The quantitative estimate of drug-likeness (QED) is 0.633. The van der Waals surface area contributed by atoms with E-state index in [0.29, 0.717) is 5.82 Å². The number of nitrogens with zero attached hydrogens (tertiary/aromatic N) is 3. The molecule has 1 aromatic rings. The molecule has 1 aromatic heterocycles. The summed E-state index contributed by atoms with van der Waals surface area (Å²) >= 11 is 5.74. The maximum Gasteiger partial charge on any atom is 0.412 e. The van der Waals surface area contributed by atoms with Gasteiger partial charge in [-0.3, -0.25) is 0 Å². The topological polar surface area (TPSA) is 55.0 Å². The third-order valence-corrected chi connectivity index (χ3v) is 2.99. The highest BCUT2D eigenvalue weighted by Crippen LogP contribution is 2.33. The molecule has 0 amide bonds. The van der Waals surface area contributed by atoms with E-state index in [4.69, 9.17) is 17.3 Å². The molecule has 0 aliphatic carbocycles. The molecular weight excluding hydrogens is 269 g/mol. The highest BCUT2D eigenvalue weighted by molar-refractivity contribution is 6.32. The molecule has 0 spiro atoms. The molecule has 8 heteroatoms. The lowest BCUT2D eigenvalue weighted by atomic mass is 10.1. The van der Waals surface area contributed by atoms with Crippen LogP contribution in [0.2, 0.25) is 5.15 Å². The minimum atomic E-state index is -4.26. The number of alkyl halides is 3. The Kier molecular flexibility index (Phi) is 3.34. The van der Waals surface area contributed by atoms with Crippen LogP contribution in [-0.4, -0.2) is 29.2 Å². The van der Waals surface area contributed by atoms with E-state index in [1.807, 2.05) is 0 Å². The smallest absolute Gasteiger partial charge is 0.393 e. The van der Waals surface area contributed by atoms with Crippen molar-refractivity contribution in [1.29, 1.82) is 0 Å². The van der Waals surface area contributed by atoms with Gasteiger partial charge in [0.2, 0.25) is 0 Å². The molecule has 0 aromatic carbocycles. The van der Waals surface area contributed by atoms with Crippen LogP contribution in [0.15, 0.2) is 18.0 Å². The second-order valence-electron chi connectivity index (χ2n) is 3.82. The van der Waals surface area contributed by atoms with Crippen molar-refractivity contribution in [3.05, 3.63) is 23.1 Å². The van der Waals surface area contributed by atoms with E-state index in [2.05, 4.69) is 9.97 Å². The van der Waals surface area contributed by atoms with E-state index in [-0.39, 0.29) is 30.4 Å². The van der Waals surface area contributed by atoms with Gasteiger partial charge in [0.25, 0.3) is 0 Å². The molecule has 18 heavy (non-hydrogen) atoms. The Morgan fingerprint density at radius 2 is 2.06 bits per heavy atom. The second-order valence-corrected chi connectivity index (χ2v) is 4.18. The van der Waals surface area contributed by atoms with Crippen LogP contribution in [0.5, 0.6) is 0 Å². The summed E-state index contributed by atoms with van der Waals surface area (Å²) in [5.74, 6) is 0.368. The zero-order chi connectivity index (χ0) is 13.3. The first-order valence-electron chi connectivity index (χ1n) is 5.16. The summed E-state index contributed by atoms with van der Waals surface area (Å²) < 4.78 is 37.4. The van der Waals surface area contributed by atoms with Gasteiger partial charge in [0.15, 0.2) is 11.0 Å². The molecule has 0 atom stereocenters. The van der Waals surface area contributed by atoms with Crippen LogP contribution in [0.3, 0.4) is 0 Å². The summed E-state index contributed by atoms with van der Waals surface area (Å²) in [6.07, 6.45) is -1.98. The summed E-state index contributed by atoms with van der Waals surface area (Å²) in [6.45, 7) is 0.301. The lowest BCUT2D eigenvalue weighted by Crippen LogP contribution is -2.33. The summed E-state index contributed by atoms with van der Waals surface area (Å²) in [6, 6.07) is 0. The van der Waals surface area contributed by atoms with Crippen molar-refractivity contribution in [3.8, 4) is 0 Å². The van der Waals surface area contributed by atoms with Crippen LogP contribution in [0.1, 0.15) is 6.42 Å². The Hall–Kier alpha value is -1.50. The zero-order valence-corrected chi connectivity index (χ0v) is 9.96. The van der Waals surface area contributed by atoms with Crippen LogP contribution in [0.25, 0.3) is 0 Å². The molecule has 0 fully saturated rings. The van der Waals surface area contributed by atoms with E-state index in [1.54, 1.807) is 4.90 Å². The van der Waals surface area contributed by atoms with Gasteiger partial charge < -0.3 is 10.6 Å². The largest absolute Gasteiger partial charge is 0.412 e. The molecule has 0 bridgehead atoms. The van der Waals surface area contributed by atoms with Crippen molar-refractivity contribution in [2.24, 2.45) is 0 Å². The van der Waals surface area contributed by atoms with E-state index in [1.165, 1.54) is 6.33 Å². The average Bonchev–Trinajstić information content (AvgIpc) is 2.32. The number of halogens is 4. The maximum absolute atomic E-state index is 12.5. The van der Waals surface area contributed by atoms with Crippen molar-refractivity contribution in [3.63, 3.8) is 0 Å². The number of hydrogen-bond acceptors (Lipinski definition) is 4. The molecule has 0 saturated heterocycles. The average molecular weight is 279 g/mol. The highest BCUT2D eigenvalue weighted by Gasteiger charge is 2.35. The van der Waals surface area contributed by atoms with Crippen molar-refractivity contribution in [2.45, 2.75) is 12.6 Å². The van der Waals surface area contributed by atoms with Crippen LogP contribution in [0, 0.1) is 0 Å². The number of anilines is 2.